The number of Topliss-reactive ketones (excluding diaryl/α,β-unsaturated/α-hetero) is 1. The van der Waals surface area contributed by atoms with Crippen molar-refractivity contribution < 1.29 is 9.53 Å². The molecule has 0 aliphatic carbocycles. The van der Waals surface area contributed by atoms with Crippen LogP contribution in [0.15, 0.2) is 35.2 Å². The zero-order valence-corrected chi connectivity index (χ0v) is 9.92. The highest BCUT2D eigenvalue weighted by atomic mass is 32.2. The van der Waals surface area contributed by atoms with Crippen molar-refractivity contribution >= 4 is 17.5 Å². The van der Waals surface area contributed by atoms with Crippen LogP contribution in [0.5, 0.6) is 0 Å². The number of hydrogen-bond acceptors (Lipinski definition) is 3. The van der Waals surface area contributed by atoms with Gasteiger partial charge in [0.1, 0.15) is 6.61 Å². The van der Waals surface area contributed by atoms with Crippen LogP contribution < -0.4 is 0 Å². The number of rotatable bonds is 6. The Kier molecular flexibility index (Phi) is 5.43. The summed E-state index contributed by atoms with van der Waals surface area (Å²) in [6.45, 7) is 4.08. The van der Waals surface area contributed by atoms with Gasteiger partial charge in [0, 0.05) is 4.90 Å². The number of ketones is 1. The van der Waals surface area contributed by atoms with E-state index in [1.54, 1.807) is 11.8 Å². The van der Waals surface area contributed by atoms with Gasteiger partial charge in [0.15, 0.2) is 5.78 Å². The van der Waals surface area contributed by atoms with Crippen molar-refractivity contribution in [1.29, 1.82) is 0 Å². The molecule has 0 radical (unpaired) electrons. The number of carbonyl (C=O) groups is 1. The van der Waals surface area contributed by atoms with Gasteiger partial charge in [-0.05, 0) is 26.0 Å². The molecule has 1 aromatic rings. The Morgan fingerprint density at radius 3 is 2.60 bits per heavy atom. The van der Waals surface area contributed by atoms with Crippen LogP contribution in [0.2, 0.25) is 0 Å². The molecule has 0 fully saturated rings. The van der Waals surface area contributed by atoms with Gasteiger partial charge in [-0.3, -0.25) is 4.79 Å². The average Bonchev–Trinajstić information content (AvgIpc) is 2.25. The zero-order valence-electron chi connectivity index (χ0n) is 9.10. The largest absolute Gasteiger partial charge is 0.371 e. The number of ether oxygens (including phenoxy) is 1. The molecule has 15 heavy (non-hydrogen) atoms. The third kappa shape index (κ3) is 5.60. The summed E-state index contributed by atoms with van der Waals surface area (Å²) in [5, 5.41) is 0. The lowest BCUT2D eigenvalue weighted by Gasteiger charge is -2.06. The molecule has 0 amide bonds. The molecule has 0 spiro atoms. The highest BCUT2D eigenvalue weighted by Gasteiger charge is 2.04. The summed E-state index contributed by atoms with van der Waals surface area (Å²) in [6.07, 6.45) is 0.121. The summed E-state index contributed by atoms with van der Waals surface area (Å²) in [4.78, 5) is 12.5. The minimum Gasteiger partial charge on any atom is -0.371 e. The first kappa shape index (κ1) is 12.3. The fourth-order valence-corrected chi connectivity index (χ4v) is 1.74. The highest BCUT2D eigenvalue weighted by Crippen LogP contribution is 2.16. The molecule has 0 saturated heterocycles. The minimum atomic E-state index is 0.121. The number of hydrogen-bond donors (Lipinski definition) is 0. The number of thioether (sulfide) groups is 1. The molecular weight excluding hydrogens is 208 g/mol. The van der Waals surface area contributed by atoms with Crippen LogP contribution in [0.3, 0.4) is 0 Å². The second kappa shape index (κ2) is 6.64. The Morgan fingerprint density at radius 2 is 2.00 bits per heavy atom. The van der Waals surface area contributed by atoms with Gasteiger partial charge in [0.05, 0.1) is 11.9 Å². The molecule has 2 nitrogen and oxygen atoms in total. The molecule has 1 aromatic carbocycles. The fraction of sp³-hybridized carbons (Fsp3) is 0.417. The maximum Gasteiger partial charge on any atom is 0.168 e. The van der Waals surface area contributed by atoms with Crippen LogP contribution in [0.25, 0.3) is 0 Å². The Labute approximate surface area is 95.0 Å². The first-order valence-corrected chi connectivity index (χ1v) is 5.98. The standard InChI is InChI=1S/C12H16O2S/c1-10(2)14-8-11(13)9-15-12-6-4-3-5-7-12/h3-7,10H,8-9H2,1-2H3. The quantitative estimate of drug-likeness (QED) is 0.695. The van der Waals surface area contributed by atoms with Crippen molar-refractivity contribution in [2.75, 3.05) is 12.4 Å². The van der Waals surface area contributed by atoms with Crippen molar-refractivity contribution in [3.05, 3.63) is 30.3 Å². The van der Waals surface area contributed by atoms with E-state index < -0.39 is 0 Å². The summed E-state index contributed by atoms with van der Waals surface area (Å²) in [6, 6.07) is 9.91. The summed E-state index contributed by atoms with van der Waals surface area (Å²) in [7, 11) is 0. The smallest absolute Gasteiger partial charge is 0.168 e. The first-order valence-electron chi connectivity index (χ1n) is 4.99. The normalized spacial score (nSPS) is 10.6. The van der Waals surface area contributed by atoms with Gasteiger partial charge in [-0.15, -0.1) is 11.8 Å². The van der Waals surface area contributed by atoms with E-state index in [2.05, 4.69) is 0 Å². The van der Waals surface area contributed by atoms with Gasteiger partial charge < -0.3 is 4.74 Å². The van der Waals surface area contributed by atoms with E-state index in [1.165, 1.54) is 0 Å². The molecule has 0 N–H and O–H groups in total. The maximum absolute atomic E-state index is 11.4. The number of benzene rings is 1. The van der Waals surface area contributed by atoms with Crippen molar-refractivity contribution in [3.63, 3.8) is 0 Å². The maximum atomic E-state index is 11.4. The summed E-state index contributed by atoms with van der Waals surface area (Å²) >= 11 is 1.55. The third-order valence-corrected chi connectivity index (χ3v) is 2.79. The SMILES string of the molecule is CC(C)OCC(=O)CSc1ccccc1. The van der Waals surface area contributed by atoms with Crippen LogP contribution in [-0.4, -0.2) is 24.2 Å². The molecule has 82 valence electrons. The van der Waals surface area contributed by atoms with E-state index in [4.69, 9.17) is 4.74 Å². The lowest BCUT2D eigenvalue weighted by atomic mass is 10.4. The van der Waals surface area contributed by atoms with Crippen LogP contribution in [0.4, 0.5) is 0 Å². The Hall–Kier alpha value is -0.800. The lowest BCUT2D eigenvalue weighted by molar-refractivity contribution is -0.122. The highest BCUT2D eigenvalue weighted by molar-refractivity contribution is 8.00. The molecule has 1 rings (SSSR count). The second-order valence-electron chi connectivity index (χ2n) is 3.50. The molecule has 0 unspecified atom stereocenters. The van der Waals surface area contributed by atoms with Gasteiger partial charge in [-0.2, -0.15) is 0 Å². The lowest BCUT2D eigenvalue weighted by Crippen LogP contribution is -2.14. The van der Waals surface area contributed by atoms with Crippen molar-refractivity contribution in [1.82, 2.24) is 0 Å². The van der Waals surface area contributed by atoms with E-state index in [1.807, 2.05) is 44.2 Å². The van der Waals surface area contributed by atoms with E-state index in [0.717, 1.165) is 4.90 Å². The first-order chi connectivity index (χ1) is 7.18. The Morgan fingerprint density at radius 1 is 1.33 bits per heavy atom. The van der Waals surface area contributed by atoms with Gasteiger partial charge >= 0.3 is 0 Å². The zero-order chi connectivity index (χ0) is 11.1. The van der Waals surface area contributed by atoms with Crippen LogP contribution in [-0.2, 0) is 9.53 Å². The molecule has 0 atom stereocenters. The van der Waals surface area contributed by atoms with Crippen LogP contribution in [0.1, 0.15) is 13.8 Å². The van der Waals surface area contributed by atoms with E-state index in [0.29, 0.717) is 5.75 Å². The Balaban J connectivity index is 2.23. The summed E-state index contributed by atoms with van der Waals surface area (Å²) < 4.78 is 5.23. The Bertz CT molecular complexity index is 296. The van der Waals surface area contributed by atoms with Crippen LogP contribution in [0, 0.1) is 0 Å². The van der Waals surface area contributed by atoms with Gasteiger partial charge in [0.25, 0.3) is 0 Å². The van der Waals surface area contributed by atoms with Crippen molar-refractivity contribution in [3.8, 4) is 0 Å². The second-order valence-corrected chi connectivity index (χ2v) is 4.55. The molecule has 0 aliphatic rings. The van der Waals surface area contributed by atoms with E-state index in [-0.39, 0.29) is 18.5 Å². The third-order valence-electron chi connectivity index (χ3n) is 1.72. The summed E-state index contributed by atoms with van der Waals surface area (Å²) in [5.74, 6) is 0.619. The van der Waals surface area contributed by atoms with Gasteiger partial charge in [0.2, 0.25) is 0 Å². The molecular formula is C12H16O2S. The average molecular weight is 224 g/mol. The van der Waals surface area contributed by atoms with Gasteiger partial charge in [-0.25, -0.2) is 0 Å². The molecule has 0 bridgehead atoms. The van der Waals surface area contributed by atoms with E-state index in [9.17, 15) is 4.79 Å². The van der Waals surface area contributed by atoms with Crippen LogP contribution >= 0.6 is 11.8 Å². The van der Waals surface area contributed by atoms with E-state index >= 15 is 0 Å². The predicted molar refractivity (Wildman–Crippen MR) is 63.3 cm³/mol. The monoisotopic (exact) mass is 224 g/mol. The molecule has 0 saturated carbocycles. The number of carbonyl (C=O) groups excluding carboxylic acids is 1. The predicted octanol–water partition coefficient (Wildman–Crippen LogP) is 2.77. The fourth-order valence-electron chi connectivity index (χ4n) is 0.982. The summed E-state index contributed by atoms with van der Waals surface area (Å²) in [5.41, 5.74) is 0. The molecule has 3 heteroatoms. The minimum absolute atomic E-state index is 0.121. The molecule has 0 aromatic heterocycles. The molecule has 0 aliphatic heterocycles. The van der Waals surface area contributed by atoms with Gasteiger partial charge in [-0.1, -0.05) is 18.2 Å². The van der Waals surface area contributed by atoms with Crippen molar-refractivity contribution in [2.24, 2.45) is 0 Å². The van der Waals surface area contributed by atoms with Crippen molar-refractivity contribution in [2.45, 2.75) is 24.8 Å². The topological polar surface area (TPSA) is 26.3 Å². The molecule has 0 heterocycles.